The van der Waals surface area contributed by atoms with Crippen LogP contribution < -0.4 is 5.32 Å². The van der Waals surface area contributed by atoms with Crippen LogP contribution in [0.5, 0.6) is 0 Å². The van der Waals surface area contributed by atoms with Gasteiger partial charge in [-0.15, -0.1) is 0 Å². The van der Waals surface area contributed by atoms with Gasteiger partial charge in [0.05, 0.1) is 0 Å². The minimum atomic E-state index is 0.524. The monoisotopic (exact) mass is 240 g/mol. The number of hydrogen-bond acceptors (Lipinski definition) is 2. The van der Waals surface area contributed by atoms with Gasteiger partial charge in [-0.1, -0.05) is 24.3 Å². The molecule has 0 amide bonds. The molecule has 18 heavy (non-hydrogen) atoms. The van der Waals surface area contributed by atoms with Crippen molar-refractivity contribution < 1.29 is 0 Å². The van der Waals surface area contributed by atoms with Gasteiger partial charge in [0.2, 0.25) is 0 Å². The van der Waals surface area contributed by atoms with Crippen LogP contribution in [0.3, 0.4) is 0 Å². The second kappa shape index (κ2) is 6.31. The molecule has 1 N–H and O–H groups in total. The number of nitrogens with one attached hydrogen (secondary N) is 1. The number of rotatable bonds is 5. The Balaban J connectivity index is 2.00. The Morgan fingerprint density at radius 1 is 0.944 bits per heavy atom. The van der Waals surface area contributed by atoms with E-state index in [1.807, 2.05) is 19.4 Å². The highest BCUT2D eigenvalue weighted by Gasteiger charge is 2.01. The molecule has 0 spiro atoms. The molecule has 1 heterocycles. The Labute approximate surface area is 109 Å². The van der Waals surface area contributed by atoms with E-state index < -0.39 is 0 Å². The maximum absolute atomic E-state index is 4.04. The smallest absolute Gasteiger partial charge is 0.0270 e. The number of nitrogens with zero attached hydrogens (tertiary/aromatic N) is 1. The predicted octanol–water partition coefficient (Wildman–Crippen LogP) is 2.82. The maximum Gasteiger partial charge on any atom is 0.0270 e. The van der Waals surface area contributed by atoms with Crippen LogP contribution in [0.4, 0.5) is 0 Å². The van der Waals surface area contributed by atoms with Gasteiger partial charge in [0.15, 0.2) is 0 Å². The lowest BCUT2D eigenvalue weighted by atomic mass is 10.0. The van der Waals surface area contributed by atoms with Gasteiger partial charge in [-0.3, -0.25) is 4.98 Å². The van der Waals surface area contributed by atoms with Gasteiger partial charge in [0, 0.05) is 18.4 Å². The molecular formula is C16H20N2. The summed E-state index contributed by atoms with van der Waals surface area (Å²) < 4.78 is 0. The second-order valence-corrected chi connectivity index (χ2v) is 4.74. The van der Waals surface area contributed by atoms with E-state index in [0.717, 1.165) is 12.8 Å². The Bertz CT molecular complexity index is 462. The molecule has 1 aromatic heterocycles. The molecule has 2 heteroatoms. The third-order valence-electron chi connectivity index (χ3n) is 3.22. The summed E-state index contributed by atoms with van der Waals surface area (Å²) in [5.74, 6) is 0. The van der Waals surface area contributed by atoms with Crippen LogP contribution in [0.15, 0.2) is 48.8 Å². The summed E-state index contributed by atoms with van der Waals surface area (Å²) >= 11 is 0. The molecule has 2 nitrogen and oxygen atoms in total. The van der Waals surface area contributed by atoms with Crippen molar-refractivity contribution >= 4 is 0 Å². The van der Waals surface area contributed by atoms with Crippen molar-refractivity contribution in [1.82, 2.24) is 10.3 Å². The second-order valence-electron chi connectivity index (χ2n) is 4.74. The largest absolute Gasteiger partial charge is 0.317 e. The molecule has 0 aliphatic carbocycles. The van der Waals surface area contributed by atoms with Gasteiger partial charge in [-0.25, -0.2) is 0 Å². The van der Waals surface area contributed by atoms with Crippen LogP contribution in [0.25, 0.3) is 0 Å². The van der Waals surface area contributed by atoms with Crippen molar-refractivity contribution in [3.05, 3.63) is 65.5 Å². The van der Waals surface area contributed by atoms with Crippen molar-refractivity contribution in [3.8, 4) is 0 Å². The van der Waals surface area contributed by atoms with Crippen LogP contribution >= 0.6 is 0 Å². The van der Waals surface area contributed by atoms with Gasteiger partial charge in [-0.2, -0.15) is 0 Å². The van der Waals surface area contributed by atoms with Crippen molar-refractivity contribution in [2.45, 2.75) is 25.8 Å². The topological polar surface area (TPSA) is 24.9 Å². The van der Waals surface area contributed by atoms with E-state index in [4.69, 9.17) is 0 Å². The molecule has 2 aromatic rings. The van der Waals surface area contributed by atoms with Crippen LogP contribution in [-0.2, 0) is 12.8 Å². The molecule has 2 rings (SSSR count). The van der Waals surface area contributed by atoms with Crippen LogP contribution in [0, 0.1) is 0 Å². The molecule has 0 aliphatic rings. The van der Waals surface area contributed by atoms with Crippen molar-refractivity contribution in [2.24, 2.45) is 0 Å². The van der Waals surface area contributed by atoms with Crippen LogP contribution in [-0.4, -0.2) is 18.1 Å². The van der Waals surface area contributed by atoms with Crippen molar-refractivity contribution in [2.75, 3.05) is 7.05 Å². The van der Waals surface area contributed by atoms with Crippen LogP contribution in [0.2, 0.25) is 0 Å². The van der Waals surface area contributed by atoms with Gasteiger partial charge in [0.1, 0.15) is 0 Å². The van der Waals surface area contributed by atoms with E-state index in [2.05, 4.69) is 53.6 Å². The predicted molar refractivity (Wildman–Crippen MR) is 75.7 cm³/mol. The zero-order chi connectivity index (χ0) is 12.8. The average Bonchev–Trinajstić information content (AvgIpc) is 2.42. The average molecular weight is 240 g/mol. The Morgan fingerprint density at radius 2 is 1.50 bits per heavy atom. The Hall–Kier alpha value is -1.67. The molecule has 1 unspecified atom stereocenters. The molecule has 0 saturated carbocycles. The molecule has 0 aliphatic heterocycles. The minimum absolute atomic E-state index is 0.524. The molecular weight excluding hydrogens is 220 g/mol. The highest BCUT2D eigenvalue weighted by atomic mass is 14.8. The number of likely N-dealkylation sites (N-methyl/N-ethyl adjacent to an activating group) is 1. The Kier molecular flexibility index (Phi) is 4.48. The van der Waals surface area contributed by atoms with E-state index in [1.165, 1.54) is 16.7 Å². The lowest BCUT2D eigenvalue weighted by molar-refractivity contribution is 0.608. The zero-order valence-corrected chi connectivity index (χ0v) is 11.1. The summed E-state index contributed by atoms with van der Waals surface area (Å²) in [6.07, 6.45) is 5.74. The first kappa shape index (κ1) is 12.8. The Morgan fingerprint density at radius 3 is 2.11 bits per heavy atom. The van der Waals surface area contributed by atoms with Crippen LogP contribution in [0.1, 0.15) is 23.6 Å². The first-order valence-electron chi connectivity index (χ1n) is 6.42. The normalized spacial score (nSPS) is 12.3. The molecule has 0 radical (unpaired) electrons. The number of pyridine rings is 1. The zero-order valence-electron chi connectivity index (χ0n) is 11.1. The number of benzene rings is 1. The molecule has 0 bridgehead atoms. The maximum atomic E-state index is 4.04. The molecule has 0 fully saturated rings. The lowest BCUT2D eigenvalue weighted by Gasteiger charge is -2.10. The van der Waals surface area contributed by atoms with E-state index in [9.17, 15) is 0 Å². The highest BCUT2D eigenvalue weighted by molar-refractivity contribution is 5.28. The van der Waals surface area contributed by atoms with Gasteiger partial charge < -0.3 is 5.32 Å². The van der Waals surface area contributed by atoms with Gasteiger partial charge in [0.25, 0.3) is 0 Å². The minimum Gasteiger partial charge on any atom is -0.317 e. The van der Waals surface area contributed by atoms with Gasteiger partial charge in [-0.05, 0) is 55.6 Å². The molecule has 0 saturated heterocycles. The third kappa shape index (κ3) is 3.67. The van der Waals surface area contributed by atoms with E-state index in [0.29, 0.717) is 6.04 Å². The third-order valence-corrected chi connectivity index (χ3v) is 3.22. The fraction of sp³-hybridized carbons (Fsp3) is 0.312. The first-order valence-corrected chi connectivity index (χ1v) is 6.42. The summed E-state index contributed by atoms with van der Waals surface area (Å²) in [6, 6.07) is 13.6. The molecule has 1 aromatic carbocycles. The summed E-state index contributed by atoms with van der Waals surface area (Å²) in [4.78, 5) is 4.04. The molecule has 1 atom stereocenters. The first-order chi connectivity index (χ1) is 8.78. The fourth-order valence-electron chi connectivity index (χ4n) is 1.99. The van der Waals surface area contributed by atoms with Crippen molar-refractivity contribution in [3.63, 3.8) is 0 Å². The highest BCUT2D eigenvalue weighted by Crippen LogP contribution is 2.11. The number of hydrogen-bond donors (Lipinski definition) is 1. The summed E-state index contributed by atoms with van der Waals surface area (Å²) in [5.41, 5.74) is 4.04. The summed E-state index contributed by atoms with van der Waals surface area (Å²) in [7, 11) is 2.00. The standard InChI is InChI=1S/C16H20N2/c1-13(17-2)11-14-3-5-15(6-4-14)12-16-7-9-18-10-8-16/h3-10,13,17H,11-12H2,1-2H3. The molecule has 94 valence electrons. The van der Waals surface area contributed by atoms with E-state index >= 15 is 0 Å². The number of aromatic nitrogens is 1. The summed E-state index contributed by atoms with van der Waals surface area (Å²) in [5, 5.41) is 3.26. The van der Waals surface area contributed by atoms with Crippen molar-refractivity contribution in [1.29, 1.82) is 0 Å². The quantitative estimate of drug-likeness (QED) is 0.869. The van der Waals surface area contributed by atoms with E-state index in [-0.39, 0.29) is 0 Å². The van der Waals surface area contributed by atoms with Gasteiger partial charge >= 0.3 is 0 Å². The SMILES string of the molecule is CNC(C)Cc1ccc(Cc2ccncc2)cc1. The lowest BCUT2D eigenvalue weighted by Crippen LogP contribution is -2.23. The fourth-order valence-corrected chi connectivity index (χ4v) is 1.99. The summed E-state index contributed by atoms with van der Waals surface area (Å²) in [6.45, 7) is 2.20. The van der Waals surface area contributed by atoms with E-state index in [1.54, 1.807) is 0 Å².